The Labute approximate surface area is 240 Å². The van der Waals surface area contributed by atoms with Crippen LogP contribution >= 0.6 is 23.8 Å². The highest BCUT2D eigenvalue weighted by Gasteiger charge is 2.41. The Morgan fingerprint density at radius 1 is 1.15 bits per heavy atom. The first-order valence-corrected chi connectivity index (χ1v) is 13.2. The van der Waals surface area contributed by atoms with Gasteiger partial charge in [0.25, 0.3) is 0 Å². The number of pyridine rings is 1. The molecule has 4 aromatic rings. The molecule has 0 radical (unpaired) electrons. The van der Waals surface area contributed by atoms with Crippen LogP contribution in [0.1, 0.15) is 40.3 Å². The number of para-hydroxylation sites is 2. The molecule has 2 aromatic heterocycles. The Kier molecular flexibility index (Phi) is 7.99. The first kappa shape index (κ1) is 27.2. The fourth-order valence-electron chi connectivity index (χ4n) is 4.64. The number of hydrogen-bond donors (Lipinski definition) is 3. The number of anilines is 1. The third-order valence-corrected chi connectivity index (χ3v) is 7.24. The van der Waals surface area contributed by atoms with Gasteiger partial charge in [-0.1, -0.05) is 29.8 Å². The Morgan fingerprint density at radius 2 is 1.95 bits per heavy atom. The van der Waals surface area contributed by atoms with Crippen LogP contribution < -0.4 is 15.4 Å². The average molecular weight is 577 g/mol. The fraction of sp³-hybridized carbons (Fsp3) is 0.172. The van der Waals surface area contributed by atoms with Gasteiger partial charge in [0.15, 0.2) is 5.11 Å². The van der Waals surface area contributed by atoms with E-state index in [0.29, 0.717) is 45.2 Å². The maximum Gasteiger partial charge on any atom is 0.335 e. The molecule has 0 spiro atoms. The van der Waals surface area contributed by atoms with E-state index in [4.69, 9.17) is 33.0 Å². The number of thiocarbonyl (C=S) groups is 1. The molecule has 1 saturated heterocycles. The molecular weight excluding hydrogens is 552 g/mol. The maximum absolute atomic E-state index is 12.9. The van der Waals surface area contributed by atoms with Crippen molar-refractivity contribution in [3.05, 3.63) is 101 Å². The highest BCUT2D eigenvalue weighted by atomic mass is 35.5. The van der Waals surface area contributed by atoms with Gasteiger partial charge in [0.1, 0.15) is 23.3 Å². The van der Waals surface area contributed by atoms with Crippen molar-refractivity contribution in [3.63, 3.8) is 0 Å². The van der Waals surface area contributed by atoms with Gasteiger partial charge in [-0.2, -0.15) is 0 Å². The third kappa shape index (κ3) is 5.63. The minimum Gasteiger partial charge on any atom is -0.495 e. The molecule has 204 valence electrons. The Bertz CT molecular complexity index is 1560. The van der Waals surface area contributed by atoms with Crippen LogP contribution in [0.2, 0.25) is 5.02 Å². The predicted octanol–water partition coefficient (Wildman–Crippen LogP) is 5.70. The van der Waals surface area contributed by atoms with Crippen molar-refractivity contribution in [2.75, 3.05) is 19.0 Å². The first-order valence-electron chi connectivity index (χ1n) is 12.4. The molecule has 0 saturated carbocycles. The second kappa shape index (κ2) is 11.8. The lowest BCUT2D eigenvalue weighted by Gasteiger charge is -2.26. The predicted molar refractivity (Wildman–Crippen MR) is 155 cm³/mol. The van der Waals surface area contributed by atoms with E-state index in [1.807, 2.05) is 35.2 Å². The standard InChI is InChI=1S/C29H25ClN4O5S/c1-38-23-8-3-2-6-20(23)32-25(35)13-15-34-27(26(33-29(34)40)21-7-4-5-14-31-21)24-12-11-22(39-24)18-16-17(28(36)37)9-10-19(18)30/h2-12,14,16,26-27H,13,15H2,1H3,(H,32,35)(H,33,40)(H,36,37)/t26-,27-/m1/s1. The minimum atomic E-state index is -1.07. The van der Waals surface area contributed by atoms with Crippen molar-refractivity contribution >= 4 is 46.5 Å². The van der Waals surface area contributed by atoms with Crippen molar-refractivity contribution in [1.82, 2.24) is 15.2 Å². The lowest BCUT2D eigenvalue weighted by molar-refractivity contribution is -0.116. The van der Waals surface area contributed by atoms with Crippen LogP contribution in [0.15, 0.2) is 83.4 Å². The second-order valence-electron chi connectivity index (χ2n) is 9.02. The molecule has 1 amide bonds. The molecule has 2 atom stereocenters. The summed E-state index contributed by atoms with van der Waals surface area (Å²) in [5.74, 6) is 0.262. The molecule has 0 aliphatic carbocycles. The first-order chi connectivity index (χ1) is 19.4. The minimum absolute atomic E-state index is 0.0927. The van der Waals surface area contributed by atoms with Crippen LogP contribution in [0.25, 0.3) is 11.3 Å². The number of halogens is 1. The van der Waals surface area contributed by atoms with Crippen LogP contribution in [0.4, 0.5) is 5.69 Å². The molecule has 3 heterocycles. The van der Waals surface area contributed by atoms with Crippen LogP contribution in [-0.2, 0) is 4.79 Å². The van der Waals surface area contributed by atoms with Crippen molar-refractivity contribution in [1.29, 1.82) is 0 Å². The van der Waals surface area contributed by atoms with E-state index in [2.05, 4.69) is 15.6 Å². The topological polar surface area (TPSA) is 117 Å². The number of rotatable bonds is 9. The number of carbonyl (C=O) groups is 2. The summed E-state index contributed by atoms with van der Waals surface area (Å²) in [6.45, 7) is 0.298. The molecule has 9 nitrogen and oxygen atoms in total. The number of ether oxygens (including phenoxy) is 1. The van der Waals surface area contributed by atoms with Crippen LogP contribution in [0.5, 0.6) is 5.75 Å². The van der Waals surface area contributed by atoms with Gasteiger partial charge in [-0.15, -0.1) is 0 Å². The van der Waals surface area contributed by atoms with E-state index in [1.54, 1.807) is 37.6 Å². The van der Waals surface area contributed by atoms with Crippen molar-refractivity contribution < 1.29 is 23.8 Å². The quantitative estimate of drug-likeness (QED) is 0.216. The Hall–Kier alpha value is -4.41. The zero-order chi connectivity index (χ0) is 28.2. The molecule has 11 heteroatoms. The van der Waals surface area contributed by atoms with E-state index in [1.165, 1.54) is 18.2 Å². The van der Waals surface area contributed by atoms with Gasteiger partial charge in [0, 0.05) is 24.7 Å². The largest absolute Gasteiger partial charge is 0.495 e. The number of nitrogens with zero attached hydrogens (tertiary/aromatic N) is 2. The van der Waals surface area contributed by atoms with Crippen molar-refractivity contribution in [3.8, 4) is 17.1 Å². The highest BCUT2D eigenvalue weighted by Crippen LogP contribution is 2.41. The normalized spacial score (nSPS) is 16.4. The number of carboxylic acids is 1. The van der Waals surface area contributed by atoms with E-state index < -0.39 is 12.0 Å². The van der Waals surface area contributed by atoms with Gasteiger partial charge in [-0.3, -0.25) is 9.78 Å². The number of furan rings is 1. The average Bonchev–Trinajstić information content (AvgIpc) is 3.57. The molecule has 3 N–H and O–H groups in total. The molecule has 1 aliphatic heterocycles. The lowest BCUT2D eigenvalue weighted by Crippen LogP contribution is -2.32. The second-order valence-corrected chi connectivity index (χ2v) is 9.81. The number of nitrogens with one attached hydrogen (secondary N) is 2. The van der Waals surface area contributed by atoms with Gasteiger partial charge in [-0.25, -0.2) is 4.79 Å². The third-order valence-electron chi connectivity index (χ3n) is 6.56. The lowest BCUT2D eigenvalue weighted by atomic mass is 10.0. The van der Waals surface area contributed by atoms with Crippen LogP contribution in [0.3, 0.4) is 0 Å². The zero-order valence-corrected chi connectivity index (χ0v) is 22.9. The molecule has 5 rings (SSSR count). The SMILES string of the molecule is COc1ccccc1NC(=O)CCN1C(=S)N[C@H](c2ccccn2)[C@H]1c1ccc(-c2cc(C(=O)O)ccc2Cl)o1. The highest BCUT2D eigenvalue weighted by molar-refractivity contribution is 7.80. The molecule has 40 heavy (non-hydrogen) atoms. The summed E-state index contributed by atoms with van der Waals surface area (Å²) < 4.78 is 11.6. The van der Waals surface area contributed by atoms with E-state index in [0.717, 1.165) is 5.69 Å². The van der Waals surface area contributed by atoms with Gasteiger partial charge in [-0.05, 0) is 66.8 Å². The molecular formula is C29H25ClN4O5S. The van der Waals surface area contributed by atoms with Gasteiger partial charge < -0.3 is 29.8 Å². The molecule has 1 fully saturated rings. The number of aromatic nitrogens is 1. The summed E-state index contributed by atoms with van der Waals surface area (Å²) in [6, 6.07) is 20.0. The summed E-state index contributed by atoms with van der Waals surface area (Å²) >= 11 is 12.1. The number of hydrogen-bond acceptors (Lipinski definition) is 6. The number of carboxylic acid groups (broad SMARTS) is 1. The molecule has 0 bridgehead atoms. The summed E-state index contributed by atoms with van der Waals surface area (Å²) in [5.41, 5.74) is 1.88. The molecule has 2 aromatic carbocycles. The van der Waals surface area contributed by atoms with Gasteiger partial charge in [0.05, 0.1) is 35.1 Å². The monoisotopic (exact) mass is 576 g/mol. The van der Waals surface area contributed by atoms with Crippen molar-refractivity contribution in [2.24, 2.45) is 0 Å². The summed E-state index contributed by atoms with van der Waals surface area (Å²) in [7, 11) is 1.55. The van der Waals surface area contributed by atoms with E-state index in [9.17, 15) is 14.7 Å². The smallest absolute Gasteiger partial charge is 0.335 e. The number of carbonyl (C=O) groups excluding carboxylic acids is 1. The fourth-order valence-corrected chi connectivity index (χ4v) is 5.18. The summed E-state index contributed by atoms with van der Waals surface area (Å²) in [5, 5.41) is 16.5. The number of methoxy groups -OCH3 is 1. The molecule has 1 aliphatic rings. The maximum atomic E-state index is 12.9. The summed E-state index contributed by atoms with van der Waals surface area (Å²) in [4.78, 5) is 30.8. The van der Waals surface area contributed by atoms with Gasteiger partial charge >= 0.3 is 5.97 Å². The number of benzene rings is 2. The van der Waals surface area contributed by atoms with Gasteiger partial charge in [0.2, 0.25) is 5.91 Å². The van der Waals surface area contributed by atoms with Crippen molar-refractivity contribution in [2.45, 2.75) is 18.5 Å². The zero-order valence-electron chi connectivity index (χ0n) is 21.3. The van der Waals surface area contributed by atoms with E-state index >= 15 is 0 Å². The van der Waals surface area contributed by atoms with Crippen LogP contribution in [0, 0.1) is 0 Å². The summed E-state index contributed by atoms with van der Waals surface area (Å²) in [6.07, 6.45) is 1.84. The Morgan fingerprint density at radius 3 is 2.70 bits per heavy atom. The molecule has 0 unspecified atom stereocenters. The number of amides is 1. The van der Waals surface area contributed by atoms with Crippen LogP contribution in [-0.4, -0.2) is 45.6 Å². The number of aromatic carboxylic acids is 1. The van der Waals surface area contributed by atoms with E-state index in [-0.39, 0.29) is 23.9 Å². The Balaban J connectivity index is 1.43.